The van der Waals surface area contributed by atoms with E-state index in [4.69, 9.17) is 16.2 Å². The van der Waals surface area contributed by atoms with Crippen molar-refractivity contribution in [1.82, 2.24) is 5.16 Å². The fourth-order valence-electron chi connectivity index (χ4n) is 1.86. The van der Waals surface area contributed by atoms with Crippen LogP contribution in [0.2, 0.25) is 0 Å². The molecule has 1 aromatic heterocycles. The number of nitro benzene ring substituents is 1. The van der Waals surface area contributed by atoms with Gasteiger partial charge >= 0.3 is 5.97 Å². The predicted octanol–water partition coefficient (Wildman–Crippen LogP) is 0.929. The van der Waals surface area contributed by atoms with Crippen LogP contribution in [0.1, 0.15) is 32.0 Å². The first kappa shape index (κ1) is 15.9. The Balaban J connectivity index is 2.22. The highest BCUT2D eigenvalue weighted by Crippen LogP contribution is 2.23. The average Bonchev–Trinajstić information content (AvgIpc) is 2.83. The van der Waals surface area contributed by atoms with Crippen molar-refractivity contribution < 1.29 is 23.8 Å². The molecule has 10 nitrogen and oxygen atoms in total. The SMILES string of the molecule is Cc1noc(N)c1C(=O)OCc1ccc(C(N)=O)cc1[N+](=O)[O-]. The zero-order valence-corrected chi connectivity index (χ0v) is 11.9. The summed E-state index contributed by atoms with van der Waals surface area (Å²) >= 11 is 0. The smallest absolute Gasteiger partial charge is 0.346 e. The van der Waals surface area contributed by atoms with E-state index in [1.54, 1.807) is 0 Å². The highest BCUT2D eigenvalue weighted by Gasteiger charge is 2.22. The molecule has 2 rings (SSSR count). The van der Waals surface area contributed by atoms with Crippen LogP contribution in [0.3, 0.4) is 0 Å². The number of carbonyl (C=O) groups excluding carboxylic acids is 2. The van der Waals surface area contributed by atoms with Crippen LogP contribution in [0, 0.1) is 17.0 Å². The molecule has 0 aliphatic carbocycles. The largest absolute Gasteiger partial charge is 0.457 e. The molecule has 23 heavy (non-hydrogen) atoms. The number of nitrogens with zero attached hydrogens (tertiary/aromatic N) is 2. The molecule has 10 heteroatoms. The second-order valence-electron chi connectivity index (χ2n) is 4.55. The molecule has 120 valence electrons. The zero-order chi connectivity index (χ0) is 17.1. The number of hydrogen-bond acceptors (Lipinski definition) is 8. The second-order valence-corrected chi connectivity index (χ2v) is 4.55. The number of benzene rings is 1. The first-order valence-electron chi connectivity index (χ1n) is 6.27. The number of primary amides is 1. The Labute approximate surface area is 129 Å². The molecule has 1 heterocycles. The van der Waals surface area contributed by atoms with E-state index in [0.717, 1.165) is 6.07 Å². The number of aryl methyl sites for hydroxylation is 1. The Bertz CT molecular complexity index is 778. The third-order valence-corrected chi connectivity index (χ3v) is 3.02. The van der Waals surface area contributed by atoms with E-state index in [-0.39, 0.29) is 34.0 Å². The standard InChI is InChI=1S/C13H12N4O6/c1-6-10(12(15)23-16-6)13(19)22-5-8-3-2-7(11(14)18)4-9(8)17(20)21/h2-4H,5,15H2,1H3,(H2,14,18). The highest BCUT2D eigenvalue weighted by atomic mass is 16.6. The summed E-state index contributed by atoms with van der Waals surface area (Å²) in [4.78, 5) is 33.3. The van der Waals surface area contributed by atoms with Gasteiger partial charge < -0.3 is 20.7 Å². The minimum atomic E-state index is -0.825. The topological polar surface area (TPSA) is 165 Å². The number of ether oxygens (including phenoxy) is 1. The van der Waals surface area contributed by atoms with Crippen molar-refractivity contribution in [2.24, 2.45) is 5.73 Å². The second kappa shape index (κ2) is 6.13. The van der Waals surface area contributed by atoms with Crippen LogP contribution in [0.25, 0.3) is 0 Å². The minimum absolute atomic E-state index is 0.0223. The van der Waals surface area contributed by atoms with Crippen LogP contribution >= 0.6 is 0 Å². The summed E-state index contributed by atoms with van der Waals surface area (Å²) in [5, 5.41) is 14.6. The molecule has 1 aromatic carbocycles. The average molecular weight is 320 g/mol. The number of nitrogens with two attached hydrogens (primary N) is 2. The Morgan fingerprint density at radius 3 is 2.65 bits per heavy atom. The van der Waals surface area contributed by atoms with Crippen LogP contribution in [0.5, 0.6) is 0 Å². The van der Waals surface area contributed by atoms with Crippen LogP contribution in [-0.2, 0) is 11.3 Å². The Hall–Kier alpha value is -3.43. The van der Waals surface area contributed by atoms with Crippen molar-refractivity contribution in [3.63, 3.8) is 0 Å². The fourth-order valence-corrected chi connectivity index (χ4v) is 1.86. The van der Waals surface area contributed by atoms with Gasteiger partial charge in [-0.2, -0.15) is 0 Å². The van der Waals surface area contributed by atoms with E-state index in [2.05, 4.69) is 9.68 Å². The molecule has 0 atom stereocenters. The van der Waals surface area contributed by atoms with Gasteiger partial charge in [-0.1, -0.05) is 5.16 Å². The number of rotatable bonds is 5. The quantitative estimate of drug-likeness (QED) is 0.466. The van der Waals surface area contributed by atoms with Crippen molar-refractivity contribution in [3.8, 4) is 0 Å². The monoisotopic (exact) mass is 320 g/mol. The van der Waals surface area contributed by atoms with Crippen molar-refractivity contribution in [2.45, 2.75) is 13.5 Å². The number of nitro groups is 1. The molecule has 0 aliphatic rings. The molecule has 0 fully saturated rings. The van der Waals surface area contributed by atoms with Gasteiger partial charge in [0.2, 0.25) is 11.8 Å². The summed E-state index contributed by atoms with van der Waals surface area (Å²) in [6.45, 7) is 1.11. The van der Waals surface area contributed by atoms with Gasteiger partial charge in [-0.05, 0) is 19.1 Å². The van der Waals surface area contributed by atoms with Gasteiger partial charge in [-0.15, -0.1) is 0 Å². The number of amides is 1. The van der Waals surface area contributed by atoms with E-state index in [1.165, 1.54) is 19.1 Å². The normalized spacial score (nSPS) is 10.3. The third-order valence-electron chi connectivity index (χ3n) is 3.02. The molecule has 0 aliphatic heterocycles. The summed E-state index contributed by atoms with van der Waals surface area (Å²) in [5.41, 5.74) is 10.4. The van der Waals surface area contributed by atoms with Crippen molar-refractivity contribution in [2.75, 3.05) is 5.73 Å². The number of esters is 1. The van der Waals surface area contributed by atoms with Crippen LogP contribution < -0.4 is 11.5 Å². The molecule has 0 radical (unpaired) electrons. The lowest BCUT2D eigenvalue weighted by atomic mass is 10.1. The molecule has 4 N–H and O–H groups in total. The molecule has 1 amide bonds. The number of anilines is 1. The summed E-state index contributed by atoms with van der Waals surface area (Å²) in [7, 11) is 0. The van der Waals surface area contributed by atoms with Gasteiger partial charge in [0.15, 0.2) is 0 Å². The first-order chi connectivity index (χ1) is 10.8. The molecule has 0 bridgehead atoms. The van der Waals surface area contributed by atoms with E-state index in [0.29, 0.717) is 0 Å². The number of carbonyl (C=O) groups is 2. The Morgan fingerprint density at radius 1 is 1.43 bits per heavy atom. The van der Waals surface area contributed by atoms with Crippen molar-refractivity contribution in [3.05, 3.63) is 50.7 Å². The molecule has 0 saturated carbocycles. The molecule has 0 spiro atoms. The summed E-state index contributed by atoms with van der Waals surface area (Å²) in [6.07, 6.45) is 0. The van der Waals surface area contributed by atoms with Crippen LogP contribution in [0.4, 0.5) is 11.6 Å². The van der Waals surface area contributed by atoms with Gasteiger partial charge in [0.1, 0.15) is 12.2 Å². The Morgan fingerprint density at radius 2 is 2.13 bits per heavy atom. The van der Waals surface area contributed by atoms with Gasteiger partial charge in [0.25, 0.3) is 5.69 Å². The number of nitrogen functional groups attached to an aromatic ring is 1. The molecular formula is C13H12N4O6. The van der Waals surface area contributed by atoms with Crippen molar-refractivity contribution in [1.29, 1.82) is 0 Å². The Kier molecular flexibility index (Phi) is 4.25. The lowest BCUT2D eigenvalue weighted by Gasteiger charge is -2.06. The van der Waals surface area contributed by atoms with Gasteiger partial charge in [-0.3, -0.25) is 14.9 Å². The van der Waals surface area contributed by atoms with Crippen molar-refractivity contribution >= 4 is 23.4 Å². The minimum Gasteiger partial charge on any atom is -0.457 e. The van der Waals surface area contributed by atoms with Gasteiger partial charge in [0.05, 0.1) is 16.2 Å². The van der Waals surface area contributed by atoms with E-state index in [1.807, 2.05) is 0 Å². The number of hydrogen-bond donors (Lipinski definition) is 2. The zero-order valence-electron chi connectivity index (χ0n) is 11.9. The summed E-state index contributed by atoms with van der Waals surface area (Å²) in [5.74, 6) is -1.83. The maximum atomic E-state index is 11.9. The molecule has 0 saturated heterocycles. The van der Waals surface area contributed by atoms with Crippen LogP contribution in [-0.4, -0.2) is 22.0 Å². The van der Waals surface area contributed by atoms with Gasteiger partial charge in [-0.25, -0.2) is 4.79 Å². The van der Waals surface area contributed by atoms with E-state index >= 15 is 0 Å². The third kappa shape index (κ3) is 3.26. The van der Waals surface area contributed by atoms with E-state index < -0.39 is 23.4 Å². The van der Waals surface area contributed by atoms with Crippen LogP contribution in [0.15, 0.2) is 22.7 Å². The maximum Gasteiger partial charge on any atom is 0.346 e. The van der Waals surface area contributed by atoms with E-state index in [9.17, 15) is 19.7 Å². The van der Waals surface area contributed by atoms with Gasteiger partial charge in [0, 0.05) is 11.6 Å². The summed E-state index contributed by atoms with van der Waals surface area (Å²) < 4.78 is 9.63. The predicted molar refractivity (Wildman–Crippen MR) is 76.4 cm³/mol. The highest BCUT2D eigenvalue weighted by molar-refractivity contribution is 5.95. The lowest BCUT2D eigenvalue weighted by molar-refractivity contribution is -0.385. The number of aromatic nitrogens is 1. The molecular weight excluding hydrogens is 308 g/mol. The molecule has 2 aromatic rings. The molecule has 0 unspecified atom stereocenters. The fraction of sp³-hybridized carbons (Fsp3) is 0.154. The first-order valence-corrected chi connectivity index (χ1v) is 6.27. The maximum absolute atomic E-state index is 11.9. The lowest BCUT2D eigenvalue weighted by Crippen LogP contribution is -2.12. The summed E-state index contributed by atoms with van der Waals surface area (Å²) in [6, 6.07) is 3.61.